The summed E-state index contributed by atoms with van der Waals surface area (Å²) in [6.45, 7) is 1.94. The third-order valence-electron chi connectivity index (χ3n) is 2.37. The van der Waals surface area contributed by atoms with Crippen molar-refractivity contribution in [3.8, 4) is 0 Å². The fraction of sp³-hybridized carbons (Fsp3) is 0.417. The van der Waals surface area contributed by atoms with Crippen molar-refractivity contribution < 1.29 is 14.7 Å². The van der Waals surface area contributed by atoms with Gasteiger partial charge in [0.05, 0.1) is 6.42 Å². The standard InChI is InChI=1S/C12H15BrN2O3/c1-2-4-8(7-10(16)17)15-12(18)11-9(13)5-3-6-14-11/h3,5-6,8H,2,4,7H2,1H3,(H,15,18)(H,16,17). The van der Waals surface area contributed by atoms with E-state index in [2.05, 4.69) is 26.2 Å². The van der Waals surface area contributed by atoms with Crippen molar-refractivity contribution in [1.82, 2.24) is 10.3 Å². The Morgan fingerprint density at radius 3 is 2.83 bits per heavy atom. The third-order valence-corrected chi connectivity index (χ3v) is 3.01. The molecule has 5 nitrogen and oxygen atoms in total. The molecule has 1 aromatic rings. The van der Waals surface area contributed by atoms with Crippen molar-refractivity contribution in [2.75, 3.05) is 0 Å². The van der Waals surface area contributed by atoms with Crippen LogP contribution in [-0.4, -0.2) is 28.0 Å². The van der Waals surface area contributed by atoms with E-state index in [1.807, 2.05) is 6.92 Å². The first-order chi connectivity index (χ1) is 8.54. The molecule has 1 aromatic heterocycles. The van der Waals surface area contributed by atoms with Gasteiger partial charge in [-0.15, -0.1) is 0 Å². The van der Waals surface area contributed by atoms with Crippen LogP contribution in [0.25, 0.3) is 0 Å². The number of amides is 1. The second-order valence-corrected chi connectivity index (χ2v) is 4.75. The fourth-order valence-electron chi connectivity index (χ4n) is 1.59. The van der Waals surface area contributed by atoms with Crippen molar-refractivity contribution in [2.24, 2.45) is 0 Å². The number of carbonyl (C=O) groups excluding carboxylic acids is 1. The lowest BCUT2D eigenvalue weighted by molar-refractivity contribution is -0.137. The number of aromatic nitrogens is 1. The highest BCUT2D eigenvalue weighted by atomic mass is 79.9. The number of hydrogen-bond donors (Lipinski definition) is 2. The Hall–Kier alpha value is -1.43. The number of pyridine rings is 1. The van der Waals surface area contributed by atoms with Crippen molar-refractivity contribution in [2.45, 2.75) is 32.2 Å². The molecule has 1 unspecified atom stereocenters. The lowest BCUT2D eigenvalue weighted by Gasteiger charge is -2.16. The van der Waals surface area contributed by atoms with Crippen LogP contribution in [0, 0.1) is 0 Å². The second kappa shape index (κ2) is 7.10. The van der Waals surface area contributed by atoms with Crippen LogP contribution in [0.2, 0.25) is 0 Å². The number of carboxylic acids is 1. The molecule has 0 fully saturated rings. The monoisotopic (exact) mass is 314 g/mol. The Labute approximate surface area is 114 Å². The van der Waals surface area contributed by atoms with Gasteiger partial charge in [0.15, 0.2) is 0 Å². The minimum absolute atomic E-state index is 0.0793. The maximum atomic E-state index is 11.9. The van der Waals surface area contributed by atoms with E-state index in [1.165, 1.54) is 6.20 Å². The maximum Gasteiger partial charge on any atom is 0.305 e. The summed E-state index contributed by atoms with van der Waals surface area (Å²) >= 11 is 3.24. The van der Waals surface area contributed by atoms with E-state index in [-0.39, 0.29) is 24.1 Å². The van der Waals surface area contributed by atoms with Crippen LogP contribution in [0.4, 0.5) is 0 Å². The largest absolute Gasteiger partial charge is 0.481 e. The summed E-state index contributed by atoms with van der Waals surface area (Å²) < 4.78 is 0.591. The summed E-state index contributed by atoms with van der Waals surface area (Å²) in [6, 6.07) is 3.06. The van der Waals surface area contributed by atoms with E-state index >= 15 is 0 Å². The van der Waals surface area contributed by atoms with Crippen LogP contribution in [0.15, 0.2) is 22.8 Å². The Bertz CT molecular complexity index is 437. The second-order valence-electron chi connectivity index (χ2n) is 3.89. The Morgan fingerprint density at radius 1 is 1.56 bits per heavy atom. The van der Waals surface area contributed by atoms with E-state index in [1.54, 1.807) is 12.1 Å². The molecule has 0 aliphatic heterocycles. The topological polar surface area (TPSA) is 79.3 Å². The minimum Gasteiger partial charge on any atom is -0.481 e. The number of nitrogens with one attached hydrogen (secondary N) is 1. The van der Waals surface area contributed by atoms with Crippen LogP contribution in [0.3, 0.4) is 0 Å². The molecule has 1 atom stereocenters. The van der Waals surface area contributed by atoms with E-state index in [0.717, 1.165) is 6.42 Å². The molecule has 0 aromatic carbocycles. The van der Waals surface area contributed by atoms with E-state index < -0.39 is 5.97 Å². The number of aliphatic carboxylic acids is 1. The summed E-state index contributed by atoms with van der Waals surface area (Å²) in [7, 11) is 0. The zero-order valence-corrected chi connectivity index (χ0v) is 11.6. The molecule has 1 amide bonds. The highest BCUT2D eigenvalue weighted by molar-refractivity contribution is 9.10. The summed E-state index contributed by atoms with van der Waals surface area (Å²) in [5.74, 6) is -1.28. The molecular weight excluding hydrogens is 300 g/mol. The molecule has 2 N–H and O–H groups in total. The highest BCUT2D eigenvalue weighted by Crippen LogP contribution is 2.13. The average Bonchev–Trinajstić information content (AvgIpc) is 2.28. The normalized spacial score (nSPS) is 11.9. The minimum atomic E-state index is -0.922. The number of halogens is 1. The number of hydrogen-bond acceptors (Lipinski definition) is 3. The van der Waals surface area contributed by atoms with Crippen molar-refractivity contribution in [1.29, 1.82) is 0 Å². The number of carboxylic acid groups (broad SMARTS) is 1. The molecule has 0 aliphatic carbocycles. The first-order valence-electron chi connectivity index (χ1n) is 5.67. The van der Waals surface area contributed by atoms with E-state index in [0.29, 0.717) is 10.9 Å². The van der Waals surface area contributed by atoms with Crippen LogP contribution < -0.4 is 5.32 Å². The van der Waals surface area contributed by atoms with Gasteiger partial charge >= 0.3 is 5.97 Å². The van der Waals surface area contributed by atoms with Crippen LogP contribution >= 0.6 is 15.9 Å². The van der Waals surface area contributed by atoms with Crippen molar-refractivity contribution in [3.63, 3.8) is 0 Å². The van der Waals surface area contributed by atoms with Gasteiger partial charge in [0.25, 0.3) is 5.91 Å². The maximum absolute atomic E-state index is 11.9. The zero-order valence-electron chi connectivity index (χ0n) is 10.0. The first-order valence-corrected chi connectivity index (χ1v) is 6.47. The molecular formula is C12H15BrN2O3. The SMILES string of the molecule is CCCC(CC(=O)O)NC(=O)c1ncccc1Br. The Kier molecular flexibility index (Phi) is 5.77. The molecule has 0 bridgehead atoms. The van der Waals surface area contributed by atoms with Crippen LogP contribution in [-0.2, 0) is 4.79 Å². The first kappa shape index (κ1) is 14.6. The number of carbonyl (C=O) groups is 2. The van der Waals surface area contributed by atoms with Gasteiger partial charge in [0, 0.05) is 16.7 Å². The van der Waals surface area contributed by atoms with E-state index in [9.17, 15) is 9.59 Å². The van der Waals surface area contributed by atoms with Crippen molar-refractivity contribution in [3.05, 3.63) is 28.5 Å². The molecule has 0 radical (unpaired) electrons. The molecule has 1 rings (SSSR count). The van der Waals surface area contributed by atoms with Crippen molar-refractivity contribution >= 4 is 27.8 Å². The average molecular weight is 315 g/mol. The third kappa shape index (κ3) is 4.44. The molecule has 0 saturated heterocycles. The zero-order chi connectivity index (χ0) is 13.5. The summed E-state index contributed by atoms with van der Waals surface area (Å²) in [4.78, 5) is 26.6. The quantitative estimate of drug-likeness (QED) is 0.843. The Balaban J connectivity index is 2.72. The predicted octanol–water partition coefficient (Wildman–Crippen LogP) is 2.22. The Morgan fingerprint density at radius 2 is 2.28 bits per heavy atom. The molecule has 0 aliphatic rings. The van der Waals surface area contributed by atoms with Gasteiger partial charge in [-0.05, 0) is 34.5 Å². The molecule has 98 valence electrons. The molecule has 6 heteroatoms. The fourth-order valence-corrected chi connectivity index (χ4v) is 2.03. The van der Waals surface area contributed by atoms with Crippen LogP contribution in [0.5, 0.6) is 0 Å². The van der Waals surface area contributed by atoms with Gasteiger partial charge in [-0.1, -0.05) is 13.3 Å². The van der Waals surface area contributed by atoms with Gasteiger partial charge in [0.1, 0.15) is 5.69 Å². The lowest BCUT2D eigenvalue weighted by atomic mass is 10.1. The van der Waals surface area contributed by atoms with Gasteiger partial charge < -0.3 is 10.4 Å². The van der Waals surface area contributed by atoms with Gasteiger partial charge in [-0.2, -0.15) is 0 Å². The van der Waals surface area contributed by atoms with E-state index in [4.69, 9.17) is 5.11 Å². The number of rotatable bonds is 6. The predicted molar refractivity (Wildman–Crippen MR) is 70.4 cm³/mol. The van der Waals surface area contributed by atoms with Gasteiger partial charge in [0.2, 0.25) is 0 Å². The summed E-state index contributed by atoms with van der Waals surface area (Å²) in [6.07, 6.45) is 2.87. The van der Waals surface area contributed by atoms with Gasteiger partial charge in [-0.25, -0.2) is 4.98 Å². The molecule has 0 spiro atoms. The summed E-state index contributed by atoms with van der Waals surface area (Å²) in [5.41, 5.74) is 0.268. The van der Waals surface area contributed by atoms with Crippen LogP contribution in [0.1, 0.15) is 36.7 Å². The number of nitrogens with zero attached hydrogens (tertiary/aromatic N) is 1. The highest BCUT2D eigenvalue weighted by Gasteiger charge is 2.18. The molecule has 0 saturated carbocycles. The lowest BCUT2D eigenvalue weighted by Crippen LogP contribution is -2.37. The van der Waals surface area contributed by atoms with Gasteiger partial charge in [-0.3, -0.25) is 9.59 Å². The summed E-state index contributed by atoms with van der Waals surface area (Å²) in [5, 5.41) is 11.5. The molecule has 1 heterocycles. The molecule has 18 heavy (non-hydrogen) atoms. The smallest absolute Gasteiger partial charge is 0.305 e.